The lowest BCUT2D eigenvalue weighted by Crippen LogP contribution is -2.48. The number of urea groups is 1. The van der Waals surface area contributed by atoms with Gasteiger partial charge in [0.2, 0.25) is 6.17 Å². The Morgan fingerprint density at radius 3 is 2.28 bits per heavy atom. The fourth-order valence-corrected chi connectivity index (χ4v) is 5.36. The zero-order valence-corrected chi connectivity index (χ0v) is 22.8. The lowest BCUT2D eigenvalue weighted by molar-refractivity contribution is -0.120. The van der Waals surface area contributed by atoms with Gasteiger partial charge in [0.25, 0.3) is 5.91 Å². The molecular formula is C31H36N6O2. The van der Waals surface area contributed by atoms with E-state index in [1.54, 1.807) is 4.90 Å². The number of aliphatic imine (C=N–C) groups is 1. The number of benzene rings is 3. The van der Waals surface area contributed by atoms with Crippen molar-refractivity contribution in [3.05, 3.63) is 90.0 Å². The summed E-state index contributed by atoms with van der Waals surface area (Å²) in [7, 11) is 4.28. The van der Waals surface area contributed by atoms with Gasteiger partial charge in [0, 0.05) is 48.2 Å². The SMILES string of the molecule is CCN1C(=O)C(NC(=O)Nc2ccc(N3CCC(N(C)C)CC3)cc2)N=C(c2ccccc2)c2ccccc21. The van der Waals surface area contributed by atoms with E-state index in [9.17, 15) is 9.59 Å². The lowest BCUT2D eigenvalue weighted by atomic mass is 10.0. The van der Waals surface area contributed by atoms with Crippen molar-refractivity contribution in [1.82, 2.24) is 10.2 Å². The van der Waals surface area contributed by atoms with Crippen molar-refractivity contribution in [2.75, 3.05) is 48.8 Å². The molecule has 2 aliphatic heterocycles. The van der Waals surface area contributed by atoms with Gasteiger partial charge < -0.3 is 25.3 Å². The highest BCUT2D eigenvalue weighted by Gasteiger charge is 2.32. The molecule has 1 fully saturated rings. The van der Waals surface area contributed by atoms with Crippen LogP contribution in [0.25, 0.3) is 0 Å². The Hall–Kier alpha value is -4.17. The molecule has 2 N–H and O–H groups in total. The number of piperidine rings is 1. The Kier molecular flexibility index (Phi) is 7.93. The van der Waals surface area contributed by atoms with Crippen LogP contribution in [-0.2, 0) is 4.79 Å². The quantitative estimate of drug-likeness (QED) is 0.495. The molecule has 0 aromatic heterocycles. The first-order valence-corrected chi connectivity index (χ1v) is 13.6. The molecule has 0 spiro atoms. The van der Waals surface area contributed by atoms with Gasteiger partial charge >= 0.3 is 6.03 Å². The van der Waals surface area contributed by atoms with Crippen LogP contribution in [0.3, 0.4) is 0 Å². The fourth-order valence-electron chi connectivity index (χ4n) is 5.36. The fraction of sp³-hybridized carbons (Fsp3) is 0.323. The minimum atomic E-state index is -1.06. The Morgan fingerprint density at radius 2 is 1.62 bits per heavy atom. The highest BCUT2D eigenvalue weighted by atomic mass is 16.2. The number of amides is 3. The summed E-state index contributed by atoms with van der Waals surface area (Å²) in [5.74, 6) is -0.275. The van der Waals surface area contributed by atoms with E-state index < -0.39 is 12.2 Å². The molecule has 0 radical (unpaired) electrons. The first-order chi connectivity index (χ1) is 18.9. The molecular weight excluding hydrogens is 488 g/mol. The first-order valence-electron chi connectivity index (χ1n) is 13.6. The van der Waals surface area contributed by atoms with Crippen LogP contribution in [-0.4, -0.2) is 68.5 Å². The molecule has 3 amide bonds. The maximum atomic E-state index is 13.6. The standard InChI is InChI=1S/C31H36N6O2/c1-4-37-27-13-9-8-12-26(27)28(22-10-6-5-7-11-22)33-29(30(37)38)34-31(39)32-23-14-16-25(17-15-23)36-20-18-24(19-21-36)35(2)3/h5-17,24,29H,4,18-21H2,1-3H3,(H2,32,34,39). The van der Waals surface area contributed by atoms with Gasteiger partial charge in [-0.3, -0.25) is 4.79 Å². The number of likely N-dealkylation sites (N-methyl/N-ethyl adjacent to an activating group) is 1. The topological polar surface area (TPSA) is 80.3 Å². The minimum absolute atomic E-state index is 0.275. The maximum absolute atomic E-state index is 13.6. The van der Waals surface area contributed by atoms with E-state index in [-0.39, 0.29) is 5.91 Å². The van der Waals surface area contributed by atoms with Crippen molar-refractivity contribution in [2.24, 2.45) is 4.99 Å². The molecule has 1 atom stereocenters. The number of carbonyl (C=O) groups is 2. The number of nitrogens with zero attached hydrogens (tertiary/aromatic N) is 4. The Morgan fingerprint density at radius 1 is 0.949 bits per heavy atom. The number of rotatable bonds is 6. The molecule has 2 aliphatic rings. The molecule has 0 bridgehead atoms. The third kappa shape index (κ3) is 5.81. The number of benzodiazepines with no additional fused rings is 1. The maximum Gasteiger partial charge on any atom is 0.321 e. The molecule has 1 saturated heterocycles. The Labute approximate surface area is 230 Å². The monoisotopic (exact) mass is 524 g/mol. The molecule has 8 nitrogen and oxygen atoms in total. The second kappa shape index (κ2) is 11.7. The summed E-state index contributed by atoms with van der Waals surface area (Å²) in [6, 6.07) is 25.5. The zero-order chi connectivity index (χ0) is 27.4. The van der Waals surface area contributed by atoms with Crippen molar-refractivity contribution in [3.8, 4) is 0 Å². The van der Waals surface area contributed by atoms with Crippen molar-refractivity contribution in [1.29, 1.82) is 0 Å². The number of nitrogens with one attached hydrogen (secondary N) is 2. The Bertz CT molecular complexity index is 1330. The third-order valence-electron chi connectivity index (χ3n) is 7.52. The van der Waals surface area contributed by atoms with Crippen molar-refractivity contribution >= 4 is 34.7 Å². The van der Waals surface area contributed by atoms with E-state index in [0.717, 1.165) is 48.4 Å². The van der Waals surface area contributed by atoms with Crippen molar-refractivity contribution in [3.63, 3.8) is 0 Å². The average Bonchev–Trinajstić information content (AvgIpc) is 3.08. The van der Waals surface area contributed by atoms with Crippen LogP contribution in [0.2, 0.25) is 0 Å². The van der Waals surface area contributed by atoms with E-state index in [1.807, 2.05) is 85.8 Å². The van der Waals surface area contributed by atoms with Crippen LogP contribution in [0, 0.1) is 0 Å². The normalized spacial score (nSPS) is 17.9. The summed E-state index contributed by atoms with van der Waals surface area (Å²) in [5.41, 5.74) is 4.99. The molecule has 8 heteroatoms. The molecule has 5 rings (SSSR count). The van der Waals surface area contributed by atoms with Gasteiger partial charge in [-0.25, -0.2) is 9.79 Å². The van der Waals surface area contributed by atoms with Crippen LogP contribution in [0.1, 0.15) is 30.9 Å². The molecule has 3 aromatic carbocycles. The molecule has 3 aromatic rings. The van der Waals surface area contributed by atoms with E-state index >= 15 is 0 Å². The summed E-state index contributed by atoms with van der Waals surface area (Å²) in [6.45, 7) is 4.40. The number of para-hydroxylation sites is 1. The van der Waals surface area contributed by atoms with Crippen LogP contribution in [0.15, 0.2) is 83.9 Å². The molecule has 2 heterocycles. The van der Waals surface area contributed by atoms with Gasteiger partial charge in [-0.15, -0.1) is 0 Å². The van der Waals surface area contributed by atoms with E-state index in [1.165, 1.54) is 0 Å². The van der Waals surface area contributed by atoms with Crippen LogP contribution in [0.4, 0.5) is 21.9 Å². The first kappa shape index (κ1) is 26.4. The highest BCUT2D eigenvalue weighted by Crippen LogP contribution is 2.28. The lowest BCUT2D eigenvalue weighted by Gasteiger charge is -2.36. The summed E-state index contributed by atoms with van der Waals surface area (Å²) < 4.78 is 0. The van der Waals surface area contributed by atoms with Gasteiger partial charge in [0.05, 0.1) is 11.4 Å². The largest absolute Gasteiger partial charge is 0.371 e. The van der Waals surface area contributed by atoms with E-state index in [0.29, 0.717) is 24.0 Å². The van der Waals surface area contributed by atoms with Gasteiger partial charge in [-0.05, 0) is 64.2 Å². The van der Waals surface area contributed by atoms with Gasteiger partial charge in [0.1, 0.15) is 0 Å². The second-order valence-corrected chi connectivity index (χ2v) is 10.2. The highest BCUT2D eigenvalue weighted by molar-refractivity contribution is 6.20. The van der Waals surface area contributed by atoms with Gasteiger partial charge in [-0.2, -0.15) is 0 Å². The summed E-state index contributed by atoms with van der Waals surface area (Å²) in [4.78, 5) is 37.8. The number of carbonyl (C=O) groups excluding carboxylic acids is 2. The Balaban J connectivity index is 1.32. The third-order valence-corrected chi connectivity index (χ3v) is 7.52. The predicted molar refractivity (Wildman–Crippen MR) is 158 cm³/mol. The van der Waals surface area contributed by atoms with Crippen LogP contribution >= 0.6 is 0 Å². The van der Waals surface area contributed by atoms with E-state index in [4.69, 9.17) is 4.99 Å². The number of anilines is 3. The molecule has 202 valence electrons. The summed E-state index contributed by atoms with van der Waals surface area (Å²) in [6.07, 6.45) is 1.20. The number of hydrogen-bond acceptors (Lipinski definition) is 5. The van der Waals surface area contributed by atoms with Crippen molar-refractivity contribution in [2.45, 2.75) is 32.0 Å². The van der Waals surface area contributed by atoms with Crippen LogP contribution in [0.5, 0.6) is 0 Å². The molecule has 1 unspecified atom stereocenters. The van der Waals surface area contributed by atoms with Crippen molar-refractivity contribution < 1.29 is 9.59 Å². The second-order valence-electron chi connectivity index (χ2n) is 10.2. The van der Waals surface area contributed by atoms with Gasteiger partial charge in [0.15, 0.2) is 0 Å². The minimum Gasteiger partial charge on any atom is -0.371 e. The van der Waals surface area contributed by atoms with Gasteiger partial charge in [-0.1, -0.05) is 48.5 Å². The number of hydrogen-bond donors (Lipinski definition) is 2. The molecule has 0 saturated carbocycles. The van der Waals surface area contributed by atoms with E-state index in [2.05, 4.69) is 34.5 Å². The molecule has 0 aliphatic carbocycles. The zero-order valence-electron chi connectivity index (χ0n) is 22.8. The summed E-state index contributed by atoms with van der Waals surface area (Å²) in [5, 5.41) is 5.68. The average molecular weight is 525 g/mol. The predicted octanol–water partition coefficient (Wildman–Crippen LogP) is 4.57. The smallest absolute Gasteiger partial charge is 0.321 e. The number of fused-ring (bicyclic) bond motifs is 1. The van der Waals surface area contributed by atoms with Crippen LogP contribution < -0.4 is 20.4 Å². The molecule has 39 heavy (non-hydrogen) atoms. The summed E-state index contributed by atoms with van der Waals surface area (Å²) >= 11 is 0.